The van der Waals surface area contributed by atoms with Crippen LogP contribution in [0.15, 0.2) is 59.5 Å². The molecular weight excluding hydrogens is 448 g/mol. The number of anilines is 1. The molecule has 0 saturated carbocycles. The van der Waals surface area contributed by atoms with Crippen LogP contribution < -0.4 is 14.4 Å². The molecule has 178 valence electrons. The molecule has 1 atom stereocenters. The summed E-state index contributed by atoms with van der Waals surface area (Å²) in [7, 11) is -2.09. The second kappa shape index (κ2) is 9.24. The lowest BCUT2D eigenvalue weighted by atomic mass is 10.1. The molecule has 1 aliphatic rings. The van der Waals surface area contributed by atoms with Gasteiger partial charge in [-0.2, -0.15) is 0 Å². The SMILES string of the molecule is COc1ccc(C(=O)N2c3cc(CNS(=O)(=O)c4cc(C)c(C)cc4C)ccc3C[C@H]2C)cc1. The molecule has 1 aliphatic heterocycles. The van der Waals surface area contributed by atoms with Gasteiger partial charge in [0.2, 0.25) is 10.0 Å². The lowest BCUT2D eigenvalue weighted by Crippen LogP contribution is -2.35. The molecule has 34 heavy (non-hydrogen) atoms. The zero-order chi connectivity index (χ0) is 24.6. The van der Waals surface area contributed by atoms with Gasteiger partial charge in [-0.15, -0.1) is 0 Å². The zero-order valence-electron chi connectivity index (χ0n) is 20.2. The van der Waals surface area contributed by atoms with Crippen molar-refractivity contribution >= 4 is 21.6 Å². The smallest absolute Gasteiger partial charge is 0.258 e. The van der Waals surface area contributed by atoms with E-state index in [-0.39, 0.29) is 18.5 Å². The molecule has 3 aromatic carbocycles. The van der Waals surface area contributed by atoms with Gasteiger partial charge >= 0.3 is 0 Å². The van der Waals surface area contributed by atoms with Crippen LogP contribution in [-0.4, -0.2) is 27.5 Å². The number of aryl methyl sites for hydroxylation is 3. The van der Waals surface area contributed by atoms with Gasteiger partial charge in [-0.3, -0.25) is 4.79 Å². The number of hydrogen-bond donors (Lipinski definition) is 1. The van der Waals surface area contributed by atoms with Crippen LogP contribution in [0, 0.1) is 20.8 Å². The van der Waals surface area contributed by atoms with E-state index in [1.54, 1.807) is 49.3 Å². The number of fused-ring (bicyclic) bond motifs is 1. The Labute approximate surface area is 201 Å². The predicted octanol–water partition coefficient (Wildman–Crippen LogP) is 4.69. The third-order valence-corrected chi connectivity index (χ3v) is 8.01. The minimum atomic E-state index is -3.68. The lowest BCUT2D eigenvalue weighted by Gasteiger charge is -2.23. The summed E-state index contributed by atoms with van der Waals surface area (Å²) in [5, 5.41) is 0. The Morgan fingerprint density at radius 3 is 2.35 bits per heavy atom. The van der Waals surface area contributed by atoms with Gasteiger partial charge < -0.3 is 9.64 Å². The first-order valence-electron chi connectivity index (χ1n) is 11.3. The number of amides is 1. The first-order valence-corrected chi connectivity index (χ1v) is 12.8. The first-order chi connectivity index (χ1) is 16.1. The number of carbonyl (C=O) groups excluding carboxylic acids is 1. The van der Waals surface area contributed by atoms with Gasteiger partial charge in [0.25, 0.3) is 5.91 Å². The van der Waals surface area contributed by atoms with Gasteiger partial charge in [-0.25, -0.2) is 13.1 Å². The van der Waals surface area contributed by atoms with Crippen LogP contribution in [0.25, 0.3) is 0 Å². The number of nitrogens with zero attached hydrogens (tertiary/aromatic N) is 1. The van der Waals surface area contributed by atoms with Crippen LogP contribution in [0.1, 0.15) is 45.1 Å². The molecule has 3 aromatic rings. The lowest BCUT2D eigenvalue weighted by molar-refractivity contribution is 0.0981. The Morgan fingerprint density at radius 2 is 1.68 bits per heavy atom. The van der Waals surface area contributed by atoms with E-state index in [0.29, 0.717) is 16.2 Å². The predicted molar refractivity (Wildman–Crippen MR) is 134 cm³/mol. The van der Waals surface area contributed by atoms with Gasteiger partial charge in [-0.05, 0) is 98.3 Å². The van der Waals surface area contributed by atoms with Crippen LogP contribution in [0.4, 0.5) is 5.69 Å². The van der Waals surface area contributed by atoms with Gasteiger partial charge in [0.15, 0.2) is 0 Å². The summed E-state index contributed by atoms with van der Waals surface area (Å²) in [6.45, 7) is 7.84. The highest BCUT2D eigenvalue weighted by Crippen LogP contribution is 2.34. The van der Waals surface area contributed by atoms with Crippen molar-refractivity contribution in [2.75, 3.05) is 12.0 Å². The summed E-state index contributed by atoms with van der Waals surface area (Å²) in [6, 6.07) is 16.5. The van der Waals surface area contributed by atoms with Crippen molar-refractivity contribution in [3.05, 3.63) is 88.0 Å². The number of sulfonamides is 1. The van der Waals surface area contributed by atoms with E-state index in [1.165, 1.54) is 0 Å². The highest BCUT2D eigenvalue weighted by atomic mass is 32.2. The summed E-state index contributed by atoms with van der Waals surface area (Å²) in [5.41, 5.74) is 5.99. The largest absolute Gasteiger partial charge is 0.497 e. The monoisotopic (exact) mass is 478 g/mol. The van der Waals surface area contributed by atoms with E-state index in [0.717, 1.165) is 39.9 Å². The first kappa shape index (κ1) is 24.0. The van der Waals surface area contributed by atoms with E-state index >= 15 is 0 Å². The van der Waals surface area contributed by atoms with Gasteiger partial charge in [0, 0.05) is 23.8 Å². The van der Waals surface area contributed by atoms with Gasteiger partial charge in [0.05, 0.1) is 12.0 Å². The minimum absolute atomic E-state index is 0.00901. The summed E-state index contributed by atoms with van der Waals surface area (Å²) >= 11 is 0. The third kappa shape index (κ3) is 4.58. The van der Waals surface area contributed by atoms with E-state index in [4.69, 9.17) is 4.74 Å². The second-order valence-electron chi connectivity index (χ2n) is 8.95. The van der Waals surface area contributed by atoms with Gasteiger partial charge in [0.1, 0.15) is 5.75 Å². The Morgan fingerprint density at radius 1 is 1.00 bits per heavy atom. The fourth-order valence-electron chi connectivity index (χ4n) is 4.43. The third-order valence-electron chi connectivity index (χ3n) is 6.47. The molecule has 0 radical (unpaired) electrons. The Kier molecular flexibility index (Phi) is 6.51. The topological polar surface area (TPSA) is 75.7 Å². The minimum Gasteiger partial charge on any atom is -0.497 e. The van der Waals surface area contributed by atoms with E-state index in [2.05, 4.69) is 4.72 Å². The van der Waals surface area contributed by atoms with Crippen molar-refractivity contribution < 1.29 is 17.9 Å². The molecule has 0 saturated heterocycles. The molecule has 4 rings (SSSR count). The molecule has 1 N–H and O–H groups in total. The van der Waals surface area contributed by atoms with E-state index in [9.17, 15) is 13.2 Å². The van der Waals surface area contributed by atoms with Crippen molar-refractivity contribution in [2.24, 2.45) is 0 Å². The molecular formula is C27H30N2O4S. The Balaban J connectivity index is 1.57. The van der Waals surface area contributed by atoms with E-state index < -0.39 is 10.0 Å². The van der Waals surface area contributed by atoms with E-state index in [1.807, 2.05) is 45.0 Å². The average molecular weight is 479 g/mol. The number of hydrogen-bond acceptors (Lipinski definition) is 4. The summed E-state index contributed by atoms with van der Waals surface area (Å²) in [6.07, 6.45) is 0.755. The number of nitrogens with one attached hydrogen (secondary N) is 1. The van der Waals surface area contributed by atoms with Crippen LogP contribution in [-0.2, 0) is 23.0 Å². The van der Waals surface area contributed by atoms with Crippen molar-refractivity contribution in [1.29, 1.82) is 0 Å². The van der Waals surface area contributed by atoms with Crippen molar-refractivity contribution in [3.8, 4) is 5.75 Å². The highest BCUT2D eigenvalue weighted by Gasteiger charge is 2.32. The maximum atomic E-state index is 13.3. The number of methoxy groups -OCH3 is 1. The standard InChI is InChI=1S/C27H30N2O4S/c1-17-12-19(3)26(13-18(17)2)34(31,32)28-16-21-6-7-23-14-20(4)29(25(23)15-21)27(30)22-8-10-24(33-5)11-9-22/h6-13,15,20,28H,14,16H2,1-5H3/t20-/m1/s1. The maximum Gasteiger partial charge on any atom is 0.258 e. The Bertz CT molecular complexity index is 1350. The zero-order valence-corrected chi connectivity index (χ0v) is 21.0. The number of ether oxygens (including phenoxy) is 1. The molecule has 6 nitrogen and oxygen atoms in total. The molecule has 0 aromatic heterocycles. The van der Waals surface area contributed by atoms with Crippen molar-refractivity contribution in [2.45, 2.75) is 51.6 Å². The number of benzene rings is 3. The summed E-state index contributed by atoms with van der Waals surface area (Å²) < 4.78 is 33.9. The Hall–Kier alpha value is -3.16. The van der Waals surface area contributed by atoms with Crippen molar-refractivity contribution in [3.63, 3.8) is 0 Å². The summed E-state index contributed by atoms with van der Waals surface area (Å²) in [4.78, 5) is 15.4. The van der Waals surface area contributed by atoms with Crippen LogP contribution in [0.5, 0.6) is 5.75 Å². The fourth-order valence-corrected chi connectivity index (χ4v) is 5.75. The second-order valence-corrected chi connectivity index (χ2v) is 10.7. The van der Waals surface area contributed by atoms with Gasteiger partial charge in [-0.1, -0.05) is 18.2 Å². The maximum absolute atomic E-state index is 13.3. The average Bonchev–Trinajstić information content (AvgIpc) is 3.14. The number of rotatable bonds is 6. The molecule has 0 aliphatic carbocycles. The van der Waals surface area contributed by atoms with Crippen LogP contribution >= 0.6 is 0 Å². The molecule has 7 heteroatoms. The quantitative estimate of drug-likeness (QED) is 0.558. The van der Waals surface area contributed by atoms with Crippen LogP contribution in [0.3, 0.4) is 0 Å². The van der Waals surface area contributed by atoms with Crippen LogP contribution in [0.2, 0.25) is 0 Å². The van der Waals surface area contributed by atoms with Crippen molar-refractivity contribution in [1.82, 2.24) is 4.72 Å². The molecule has 1 amide bonds. The molecule has 0 fully saturated rings. The molecule has 0 spiro atoms. The highest BCUT2D eigenvalue weighted by molar-refractivity contribution is 7.89. The fraction of sp³-hybridized carbons (Fsp3) is 0.296. The molecule has 1 heterocycles. The molecule has 0 unspecified atom stereocenters. The normalized spacial score (nSPS) is 15.3. The molecule has 0 bridgehead atoms. The number of carbonyl (C=O) groups is 1. The summed E-state index contributed by atoms with van der Waals surface area (Å²) in [5.74, 6) is 0.609.